The summed E-state index contributed by atoms with van der Waals surface area (Å²) < 4.78 is 5.26. The SMILES string of the molecule is CN=CC(=CN)c1cccc(C[C@@H](C)NC(=O)OC(C)(C)C)c1. The summed E-state index contributed by atoms with van der Waals surface area (Å²) in [5, 5.41) is 2.85. The van der Waals surface area contributed by atoms with E-state index in [0.717, 1.165) is 16.7 Å². The molecule has 0 aromatic heterocycles. The third-order valence-corrected chi connectivity index (χ3v) is 3.01. The lowest BCUT2D eigenvalue weighted by molar-refractivity contribution is 0.0508. The number of hydrogen-bond acceptors (Lipinski definition) is 4. The molecule has 0 spiro atoms. The smallest absolute Gasteiger partial charge is 0.407 e. The Balaban J connectivity index is 2.72. The summed E-state index contributed by atoms with van der Waals surface area (Å²) in [6.45, 7) is 7.48. The fourth-order valence-corrected chi connectivity index (χ4v) is 2.14. The third kappa shape index (κ3) is 7.00. The van der Waals surface area contributed by atoms with Crippen molar-refractivity contribution in [2.75, 3.05) is 7.05 Å². The molecule has 5 heteroatoms. The van der Waals surface area contributed by atoms with Crippen molar-refractivity contribution in [3.8, 4) is 0 Å². The molecule has 126 valence electrons. The van der Waals surface area contributed by atoms with Gasteiger partial charge in [-0.2, -0.15) is 0 Å². The molecule has 0 fully saturated rings. The third-order valence-electron chi connectivity index (χ3n) is 3.01. The zero-order valence-electron chi connectivity index (χ0n) is 14.6. The highest BCUT2D eigenvalue weighted by atomic mass is 16.6. The van der Waals surface area contributed by atoms with Gasteiger partial charge in [-0.3, -0.25) is 4.99 Å². The molecule has 0 aliphatic carbocycles. The maximum atomic E-state index is 11.8. The molecule has 1 atom stereocenters. The van der Waals surface area contributed by atoms with Crippen LogP contribution in [0.5, 0.6) is 0 Å². The number of benzene rings is 1. The second-order valence-electron chi connectivity index (χ2n) is 6.46. The highest BCUT2D eigenvalue weighted by Gasteiger charge is 2.17. The number of rotatable bonds is 5. The molecule has 1 aromatic rings. The Morgan fingerprint density at radius 1 is 1.43 bits per heavy atom. The monoisotopic (exact) mass is 317 g/mol. The van der Waals surface area contributed by atoms with Gasteiger partial charge in [-0.15, -0.1) is 0 Å². The molecule has 0 saturated heterocycles. The fourth-order valence-electron chi connectivity index (χ4n) is 2.14. The van der Waals surface area contributed by atoms with Crippen molar-refractivity contribution in [1.29, 1.82) is 0 Å². The lowest BCUT2D eigenvalue weighted by Gasteiger charge is -2.22. The second-order valence-corrected chi connectivity index (χ2v) is 6.46. The summed E-state index contributed by atoms with van der Waals surface area (Å²) in [5.74, 6) is 0. The highest BCUT2D eigenvalue weighted by molar-refractivity contribution is 6.09. The van der Waals surface area contributed by atoms with Crippen LogP contribution in [-0.4, -0.2) is 31.0 Å². The molecule has 0 aliphatic heterocycles. The van der Waals surface area contributed by atoms with Gasteiger partial charge in [0.1, 0.15) is 5.60 Å². The molecule has 0 unspecified atom stereocenters. The minimum Gasteiger partial charge on any atom is -0.444 e. The number of hydrogen-bond donors (Lipinski definition) is 2. The van der Waals surface area contributed by atoms with Crippen LogP contribution in [0.3, 0.4) is 0 Å². The zero-order valence-corrected chi connectivity index (χ0v) is 14.6. The molecule has 1 amide bonds. The molecule has 0 radical (unpaired) electrons. The number of amides is 1. The van der Waals surface area contributed by atoms with Crippen molar-refractivity contribution < 1.29 is 9.53 Å². The van der Waals surface area contributed by atoms with E-state index in [2.05, 4.69) is 10.3 Å². The first-order chi connectivity index (χ1) is 10.7. The van der Waals surface area contributed by atoms with E-state index in [-0.39, 0.29) is 6.04 Å². The van der Waals surface area contributed by atoms with Gasteiger partial charge in [-0.05, 0) is 45.2 Å². The molecule has 0 bridgehead atoms. The van der Waals surface area contributed by atoms with Crippen LogP contribution in [0.25, 0.3) is 5.57 Å². The van der Waals surface area contributed by atoms with Gasteiger partial charge < -0.3 is 15.8 Å². The van der Waals surface area contributed by atoms with Crippen molar-refractivity contribution in [2.45, 2.75) is 45.8 Å². The quantitative estimate of drug-likeness (QED) is 0.819. The standard InChI is InChI=1S/C18H27N3O2/c1-13(21-17(22)23-18(2,3)4)9-14-7-6-8-15(10-14)16(11-19)12-20-5/h6-8,10-13H,9,19H2,1-5H3,(H,21,22)/t13-/m1/s1. The van der Waals surface area contributed by atoms with E-state index >= 15 is 0 Å². The molecule has 0 aliphatic rings. The molecule has 1 aromatic carbocycles. The summed E-state index contributed by atoms with van der Waals surface area (Å²) in [6, 6.07) is 7.99. The molecule has 3 N–H and O–H groups in total. The average molecular weight is 317 g/mol. The Bertz CT molecular complexity index is 586. The van der Waals surface area contributed by atoms with E-state index in [1.807, 2.05) is 52.0 Å². The van der Waals surface area contributed by atoms with Crippen molar-refractivity contribution in [3.63, 3.8) is 0 Å². The second kappa shape index (κ2) is 8.36. The van der Waals surface area contributed by atoms with Gasteiger partial charge in [0.05, 0.1) is 0 Å². The number of alkyl carbamates (subject to hydrolysis) is 1. The first-order valence-electron chi connectivity index (χ1n) is 7.68. The number of nitrogens with zero attached hydrogens (tertiary/aromatic N) is 1. The maximum absolute atomic E-state index is 11.8. The summed E-state index contributed by atoms with van der Waals surface area (Å²) in [5.41, 5.74) is 8.11. The molecule has 0 saturated carbocycles. The van der Waals surface area contributed by atoms with Gasteiger partial charge in [0.2, 0.25) is 0 Å². The number of carbonyl (C=O) groups is 1. The first kappa shape index (κ1) is 18.7. The average Bonchev–Trinajstić information content (AvgIpc) is 2.42. The molecular formula is C18H27N3O2. The van der Waals surface area contributed by atoms with Crippen LogP contribution in [0, 0.1) is 0 Å². The fraction of sp³-hybridized carbons (Fsp3) is 0.444. The highest BCUT2D eigenvalue weighted by Crippen LogP contribution is 2.15. The Morgan fingerprint density at radius 2 is 2.13 bits per heavy atom. The number of aliphatic imine (C=N–C) groups is 1. The van der Waals surface area contributed by atoms with Crippen molar-refractivity contribution in [3.05, 3.63) is 41.6 Å². The van der Waals surface area contributed by atoms with Crippen LogP contribution in [0.4, 0.5) is 4.79 Å². The Morgan fingerprint density at radius 3 is 2.70 bits per heavy atom. The van der Waals surface area contributed by atoms with Crippen LogP contribution in [0.15, 0.2) is 35.5 Å². The van der Waals surface area contributed by atoms with Crippen LogP contribution in [0.1, 0.15) is 38.8 Å². The number of nitrogens with one attached hydrogen (secondary N) is 1. The number of carbonyl (C=O) groups excluding carboxylic acids is 1. The van der Waals surface area contributed by atoms with Gasteiger partial charge in [0.15, 0.2) is 0 Å². The van der Waals surface area contributed by atoms with Gasteiger partial charge in [-0.1, -0.05) is 24.3 Å². The summed E-state index contributed by atoms with van der Waals surface area (Å²) in [4.78, 5) is 15.8. The van der Waals surface area contributed by atoms with E-state index in [4.69, 9.17) is 10.5 Å². The van der Waals surface area contributed by atoms with E-state index in [1.165, 1.54) is 6.20 Å². The van der Waals surface area contributed by atoms with Crippen LogP contribution < -0.4 is 11.1 Å². The Kier molecular flexibility index (Phi) is 6.82. The van der Waals surface area contributed by atoms with Crippen molar-refractivity contribution in [1.82, 2.24) is 5.32 Å². The zero-order chi connectivity index (χ0) is 17.5. The largest absolute Gasteiger partial charge is 0.444 e. The van der Waals surface area contributed by atoms with E-state index in [0.29, 0.717) is 6.42 Å². The van der Waals surface area contributed by atoms with E-state index < -0.39 is 11.7 Å². The normalized spacial score (nSPS) is 13.9. The number of allylic oxidation sites excluding steroid dienone is 1. The van der Waals surface area contributed by atoms with Crippen LogP contribution in [-0.2, 0) is 11.2 Å². The Labute approximate surface area is 138 Å². The minimum atomic E-state index is -0.496. The molecule has 23 heavy (non-hydrogen) atoms. The molecule has 0 heterocycles. The summed E-state index contributed by atoms with van der Waals surface area (Å²) >= 11 is 0. The van der Waals surface area contributed by atoms with Crippen LogP contribution in [0.2, 0.25) is 0 Å². The molecule has 5 nitrogen and oxygen atoms in total. The van der Waals surface area contributed by atoms with Crippen molar-refractivity contribution in [2.24, 2.45) is 10.7 Å². The molecular weight excluding hydrogens is 290 g/mol. The minimum absolute atomic E-state index is 0.0368. The van der Waals surface area contributed by atoms with Crippen LogP contribution >= 0.6 is 0 Å². The summed E-state index contributed by atoms with van der Waals surface area (Å²) in [7, 11) is 1.71. The van der Waals surface area contributed by atoms with E-state index in [9.17, 15) is 4.79 Å². The van der Waals surface area contributed by atoms with Gasteiger partial charge in [0, 0.05) is 31.1 Å². The van der Waals surface area contributed by atoms with Gasteiger partial charge in [0.25, 0.3) is 0 Å². The first-order valence-corrected chi connectivity index (χ1v) is 7.68. The Hall–Kier alpha value is -2.30. The number of ether oxygens (including phenoxy) is 1. The van der Waals surface area contributed by atoms with Crippen molar-refractivity contribution >= 4 is 17.9 Å². The lowest BCUT2D eigenvalue weighted by atomic mass is 10.0. The predicted octanol–water partition coefficient (Wildman–Crippen LogP) is 3.14. The van der Waals surface area contributed by atoms with Gasteiger partial charge >= 0.3 is 6.09 Å². The maximum Gasteiger partial charge on any atom is 0.407 e. The molecule has 1 rings (SSSR count). The van der Waals surface area contributed by atoms with Gasteiger partial charge in [-0.25, -0.2) is 4.79 Å². The van der Waals surface area contributed by atoms with E-state index in [1.54, 1.807) is 13.3 Å². The predicted molar refractivity (Wildman–Crippen MR) is 95.6 cm³/mol. The topological polar surface area (TPSA) is 76.7 Å². The lowest BCUT2D eigenvalue weighted by Crippen LogP contribution is -2.38. The summed E-state index contributed by atoms with van der Waals surface area (Å²) in [6.07, 6.45) is 3.56. The number of nitrogens with two attached hydrogens (primary N) is 1.